The summed E-state index contributed by atoms with van der Waals surface area (Å²) in [6.07, 6.45) is 1.93. The number of sulfonamides is 1. The molecule has 1 amide bonds. The Morgan fingerprint density at radius 3 is 2.37 bits per heavy atom. The Labute approximate surface area is 162 Å². The summed E-state index contributed by atoms with van der Waals surface area (Å²) >= 11 is 0. The number of likely N-dealkylation sites (tertiary alicyclic amines) is 1. The fourth-order valence-electron chi connectivity index (χ4n) is 4.50. The van der Waals surface area contributed by atoms with Gasteiger partial charge in [-0.2, -0.15) is 4.31 Å². The van der Waals surface area contributed by atoms with Crippen LogP contribution in [-0.2, 0) is 10.0 Å². The van der Waals surface area contributed by atoms with Gasteiger partial charge in [0.15, 0.2) is 0 Å². The van der Waals surface area contributed by atoms with E-state index in [1.54, 1.807) is 22.5 Å². The van der Waals surface area contributed by atoms with Crippen molar-refractivity contribution in [2.24, 2.45) is 23.5 Å². The van der Waals surface area contributed by atoms with Crippen LogP contribution in [0.5, 0.6) is 0 Å². The molecule has 1 aromatic carbocycles. The first-order valence-electron chi connectivity index (χ1n) is 9.83. The Kier molecular flexibility index (Phi) is 5.93. The number of piperidine rings is 1. The first-order chi connectivity index (χ1) is 12.7. The maximum absolute atomic E-state index is 13.1. The van der Waals surface area contributed by atoms with E-state index >= 15 is 0 Å². The van der Waals surface area contributed by atoms with Gasteiger partial charge < -0.3 is 10.6 Å². The van der Waals surface area contributed by atoms with Crippen LogP contribution in [0.1, 0.15) is 44.0 Å². The van der Waals surface area contributed by atoms with Crippen LogP contribution in [0, 0.1) is 17.8 Å². The maximum atomic E-state index is 13.1. The van der Waals surface area contributed by atoms with Crippen molar-refractivity contribution in [1.29, 1.82) is 0 Å². The Morgan fingerprint density at radius 2 is 1.78 bits per heavy atom. The highest BCUT2D eigenvalue weighted by atomic mass is 32.2. The quantitative estimate of drug-likeness (QED) is 0.850. The normalized spacial score (nSPS) is 29.9. The van der Waals surface area contributed by atoms with Crippen molar-refractivity contribution in [3.05, 3.63) is 29.8 Å². The lowest BCUT2D eigenvalue weighted by atomic mass is 9.94. The van der Waals surface area contributed by atoms with E-state index in [1.165, 1.54) is 6.07 Å². The second kappa shape index (κ2) is 7.89. The van der Waals surface area contributed by atoms with Crippen molar-refractivity contribution in [3.8, 4) is 0 Å². The van der Waals surface area contributed by atoms with Gasteiger partial charge in [0.1, 0.15) is 0 Å². The van der Waals surface area contributed by atoms with E-state index in [9.17, 15) is 13.2 Å². The van der Waals surface area contributed by atoms with Gasteiger partial charge in [-0.3, -0.25) is 4.79 Å². The van der Waals surface area contributed by atoms with Gasteiger partial charge in [0.25, 0.3) is 5.91 Å². The molecule has 2 aliphatic heterocycles. The van der Waals surface area contributed by atoms with Crippen molar-refractivity contribution in [1.82, 2.24) is 9.21 Å². The SMILES string of the molecule is CC1CC(C)CN(S(=O)(=O)c2cccc(C(=O)N3CC(CN)CC3C)c2)C1. The number of rotatable bonds is 4. The van der Waals surface area contributed by atoms with Crippen LogP contribution < -0.4 is 5.73 Å². The zero-order valence-electron chi connectivity index (χ0n) is 16.5. The summed E-state index contributed by atoms with van der Waals surface area (Å²) in [5, 5.41) is 0. The fraction of sp³-hybridized carbons (Fsp3) is 0.650. The van der Waals surface area contributed by atoms with Crippen LogP contribution in [0.25, 0.3) is 0 Å². The molecule has 0 saturated carbocycles. The summed E-state index contributed by atoms with van der Waals surface area (Å²) in [4.78, 5) is 15.0. The molecule has 2 fully saturated rings. The van der Waals surface area contributed by atoms with Gasteiger partial charge in [-0.15, -0.1) is 0 Å². The molecule has 4 atom stereocenters. The molecule has 7 heteroatoms. The zero-order valence-corrected chi connectivity index (χ0v) is 17.3. The standard InChI is InChI=1S/C20H31N3O3S/c1-14-7-15(2)12-22(11-14)27(25,26)19-6-4-5-18(9-19)20(24)23-13-17(10-21)8-16(23)3/h4-6,9,14-17H,7-8,10-13,21H2,1-3H3. The molecule has 2 N–H and O–H groups in total. The summed E-state index contributed by atoms with van der Waals surface area (Å²) in [5.74, 6) is 0.877. The fourth-order valence-corrected chi connectivity index (χ4v) is 6.23. The molecule has 6 nitrogen and oxygen atoms in total. The largest absolute Gasteiger partial charge is 0.336 e. The minimum Gasteiger partial charge on any atom is -0.336 e. The molecule has 2 aliphatic rings. The first kappa shape index (κ1) is 20.3. The van der Waals surface area contributed by atoms with E-state index in [4.69, 9.17) is 5.73 Å². The van der Waals surface area contributed by atoms with Gasteiger partial charge in [0.2, 0.25) is 10.0 Å². The van der Waals surface area contributed by atoms with Gasteiger partial charge in [-0.25, -0.2) is 8.42 Å². The molecule has 0 bridgehead atoms. The number of carbonyl (C=O) groups is 1. The molecule has 2 heterocycles. The average molecular weight is 394 g/mol. The zero-order chi connectivity index (χ0) is 19.8. The van der Waals surface area contributed by atoms with E-state index in [0.29, 0.717) is 49.5 Å². The number of amides is 1. The topological polar surface area (TPSA) is 83.7 Å². The van der Waals surface area contributed by atoms with Gasteiger partial charge in [-0.1, -0.05) is 19.9 Å². The smallest absolute Gasteiger partial charge is 0.254 e. The Bertz CT molecular complexity index is 785. The van der Waals surface area contributed by atoms with Crippen molar-refractivity contribution >= 4 is 15.9 Å². The van der Waals surface area contributed by atoms with E-state index in [1.807, 2.05) is 11.8 Å². The van der Waals surface area contributed by atoms with Gasteiger partial charge in [0.05, 0.1) is 4.90 Å². The third-order valence-electron chi connectivity index (χ3n) is 5.81. The highest BCUT2D eigenvalue weighted by Crippen LogP contribution is 2.28. The lowest BCUT2D eigenvalue weighted by Crippen LogP contribution is -2.42. The van der Waals surface area contributed by atoms with Crippen LogP contribution in [0.2, 0.25) is 0 Å². The van der Waals surface area contributed by atoms with Crippen LogP contribution in [0.4, 0.5) is 0 Å². The lowest BCUT2D eigenvalue weighted by Gasteiger charge is -2.34. The van der Waals surface area contributed by atoms with Crippen molar-refractivity contribution in [3.63, 3.8) is 0 Å². The molecule has 0 aromatic heterocycles. The Hall–Kier alpha value is -1.44. The minimum atomic E-state index is -3.59. The molecule has 150 valence electrons. The van der Waals surface area contributed by atoms with Gasteiger partial charge >= 0.3 is 0 Å². The molecule has 0 radical (unpaired) electrons. The van der Waals surface area contributed by atoms with Crippen molar-refractivity contribution in [2.45, 2.75) is 44.6 Å². The van der Waals surface area contributed by atoms with Crippen LogP contribution in [0.15, 0.2) is 29.2 Å². The number of carbonyl (C=O) groups excluding carboxylic acids is 1. The Morgan fingerprint density at radius 1 is 1.11 bits per heavy atom. The molecule has 27 heavy (non-hydrogen) atoms. The molecular formula is C20H31N3O3S. The molecule has 2 saturated heterocycles. The van der Waals surface area contributed by atoms with Gasteiger partial charge in [0, 0.05) is 31.2 Å². The van der Waals surface area contributed by atoms with E-state index in [2.05, 4.69) is 13.8 Å². The lowest BCUT2D eigenvalue weighted by molar-refractivity contribution is 0.0743. The highest BCUT2D eigenvalue weighted by Gasteiger charge is 2.34. The summed E-state index contributed by atoms with van der Waals surface area (Å²) < 4.78 is 27.8. The van der Waals surface area contributed by atoms with E-state index in [-0.39, 0.29) is 16.8 Å². The number of hydrogen-bond acceptors (Lipinski definition) is 4. The molecule has 0 spiro atoms. The number of benzene rings is 1. The molecule has 1 aromatic rings. The molecule has 4 unspecified atom stereocenters. The molecule has 0 aliphatic carbocycles. The summed E-state index contributed by atoms with van der Waals surface area (Å²) in [5.41, 5.74) is 6.19. The molecule has 3 rings (SSSR count). The second-order valence-electron chi connectivity index (χ2n) is 8.44. The third kappa shape index (κ3) is 4.20. The van der Waals surface area contributed by atoms with Crippen LogP contribution >= 0.6 is 0 Å². The summed E-state index contributed by atoms with van der Waals surface area (Å²) in [6.45, 7) is 8.45. The maximum Gasteiger partial charge on any atom is 0.254 e. The van der Waals surface area contributed by atoms with E-state index < -0.39 is 10.0 Å². The predicted octanol–water partition coefficient (Wildman–Crippen LogP) is 2.16. The number of nitrogens with zero attached hydrogens (tertiary/aromatic N) is 2. The predicted molar refractivity (Wildman–Crippen MR) is 106 cm³/mol. The first-order valence-corrected chi connectivity index (χ1v) is 11.3. The van der Waals surface area contributed by atoms with Gasteiger partial charge in [-0.05, 0) is 62.3 Å². The number of nitrogens with two attached hydrogens (primary N) is 1. The Balaban J connectivity index is 1.84. The summed E-state index contributed by atoms with van der Waals surface area (Å²) in [7, 11) is -3.59. The van der Waals surface area contributed by atoms with E-state index in [0.717, 1.165) is 12.8 Å². The second-order valence-corrected chi connectivity index (χ2v) is 10.4. The summed E-state index contributed by atoms with van der Waals surface area (Å²) in [6, 6.07) is 6.61. The average Bonchev–Trinajstić information content (AvgIpc) is 3.01. The number of hydrogen-bond donors (Lipinski definition) is 1. The monoisotopic (exact) mass is 393 g/mol. The van der Waals surface area contributed by atoms with Crippen LogP contribution in [-0.4, -0.2) is 55.8 Å². The molecular weight excluding hydrogens is 362 g/mol. The highest BCUT2D eigenvalue weighted by molar-refractivity contribution is 7.89. The van der Waals surface area contributed by atoms with Crippen molar-refractivity contribution < 1.29 is 13.2 Å². The minimum absolute atomic E-state index is 0.115. The van der Waals surface area contributed by atoms with Crippen LogP contribution in [0.3, 0.4) is 0 Å². The van der Waals surface area contributed by atoms with Crippen molar-refractivity contribution in [2.75, 3.05) is 26.2 Å². The third-order valence-corrected chi connectivity index (χ3v) is 7.64.